The summed E-state index contributed by atoms with van der Waals surface area (Å²) in [6.45, 7) is 3.91. The molecule has 1 heterocycles. The SMILES string of the molecule is C[C@H](C(=O)N(CCN(C)C)Cc1cccc(Cl)c1)n1ccnc1. The highest BCUT2D eigenvalue weighted by molar-refractivity contribution is 6.30. The van der Waals surface area contributed by atoms with Crippen LogP contribution in [0.4, 0.5) is 0 Å². The Kier molecular flexibility index (Phi) is 6.19. The lowest BCUT2D eigenvalue weighted by Gasteiger charge is -2.27. The fourth-order valence-corrected chi connectivity index (χ4v) is 2.55. The van der Waals surface area contributed by atoms with E-state index in [9.17, 15) is 4.79 Å². The monoisotopic (exact) mass is 334 g/mol. The van der Waals surface area contributed by atoms with Crippen LogP contribution in [0.25, 0.3) is 0 Å². The first-order valence-electron chi connectivity index (χ1n) is 7.63. The molecule has 0 aliphatic heterocycles. The van der Waals surface area contributed by atoms with Gasteiger partial charge in [0, 0.05) is 37.1 Å². The van der Waals surface area contributed by atoms with E-state index in [4.69, 9.17) is 11.6 Å². The molecule has 0 bridgehead atoms. The Hall–Kier alpha value is -1.85. The molecule has 23 heavy (non-hydrogen) atoms. The number of carbonyl (C=O) groups excluding carboxylic acids is 1. The van der Waals surface area contributed by atoms with Crippen molar-refractivity contribution in [2.75, 3.05) is 27.2 Å². The molecule has 0 spiro atoms. The molecule has 2 rings (SSSR count). The van der Waals surface area contributed by atoms with Crippen LogP contribution in [0, 0.1) is 0 Å². The van der Waals surface area contributed by atoms with Crippen LogP contribution >= 0.6 is 11.6 Å². The zero-order valence-corrected chi connectivity index (χ0v) is 14.6. The Labute approximate surface area is 142 Å². The Bertz CT molecular complexity index is 627. The second-order valence-corrected chi connectivity index (χ2v) is 6.32. The first kappa shape index (κ1) is 17.5. The van der Waals surface area contributed by atoms with Crippen LogP contribution < -0.4 is 0 Å². The minimum absolute atomic E-state index is 0.0739. The van der Waals surface area contributed by atoms with Gasteiger partial charge in [0.2, 0.25) is 5.91 Å². The van der Waals surface area contributed by atoms with Crippen molar-refractivity contribution in [1.82, 2.24) is 19.4 Å². The topological polar surface area (TPSA) is 41.4 Å². The van der Waals surface area contributed by atoms with Gasteiger partial charge in [-0.2, -0.15) is 0 Å². The minimum Gasteiger partial charge on any atom is -0.335 e. The van der Waals surface area contributed by atoms with Crippen molar-refractivity contribution in [1.29, 1.82) is 0 Å². The zero-order valence-electron chi connectivity index (χ0n) is 13.8. The summed E-state index contributed by atoms with van der Waals surface area (Å²) in [5.74, 6) is 0.0739. The number of benzene rings is 1. The summed E-state index contributed by atoms with van der Waals surface area (Å²) in [5.41, 5.74) is 1.03. The van der Waals surface area contributed by atoms with Crippen molar-refractivity contribution in [3.8, 4) is 0 Å². The molecule has 0 saturated heterocycles. The molecule has 2 aromatic rings. The van der Waals surface area contributed by atoms with Gasteiger partial charge in [0.25, 0.3) is 0 Å². The maximum atomic E-state index is 12.9. The lowest BCUT2D eigenvalue weighted by Crippen LogP contribution is -2.39. The van der Waals surface area contributed by atoms with E-state index >= 15 is 0 Å². The molecular weight excluding hydrogens is 312 g/mol. The van der Waals surface area contributed by atoms with E-state index < -0.39 is 0 Å². The molecule has 0 N–H and O–H groups in total. The number of carbonyl (C=O) groups is 1. The molecule has 0 unspecified atom stereocenters. The van der Waals surface area contributed by atoms with Gasteiger partial charge >= 0.3 is 0 Å². The van der Waals surface area contributed by atoms with Crippen LogP contribution in [0.2, 0.25) is 5.02 Å². The number of hydrogen-bond donors (Lipinski definition) is 0. The Morgan fingerprint density at radius 1 is 1.35 bits per heavy atom. The van der Waals surface area contributed by atoms with Gasteiger partial charge in [0.15, 0.2) is 0 Å². The van der Waals surface area contributed by atoms with E-state index in [0.717, 1.165) is 12.1 Å². The van der Waals surface area contributed by atoms with Gasteiger partial charge in [0.05, 0.1) is 6.33 Å². The minimum atomic E-state index is -0.279. The average molecular weight is 335 g/mol. The first-order valence-corrected chi connectivity index (χ1v) is 8.00. The number of amides is 1. The van der Waals surface area contributed by atoms with Crippen molar-refractivity contribution in [2.45, 2.75) is 19.5 Å². The highest BCUT2D eigenvalue weighted by Crippen LogP contribution is 2.16. The number of rotatable bonds is 7. The predicted octanol–water partition coefficient (Wildman–Crippen LogP) is 2.69. The van der Waals surface area contributed by atoms with Crippen LogP contribution in [-0.2, 0) is 11.3 Å². The highest BCUT2D eigenvalue weighted by Gasteiger charge is 2.22. The summed E-state index contributed by atoms with van der Waals surface area (Å²) >= 11 is 6.06. The first-order chi connectivity index (χ1) is 11.0. The molecular formula is C17H23ClN4O. The van der Waals surface area contributed by atoms with Gasteiger partial charge in [-0.25, -0.2) is 4.98 Å². The van der Waals surface area contributed by atoms with Gasteiger partial charge in [-0.3, -0.25) is 4.79 Å². The van der Waals surface area contributed by atoms with Crippen LogP contribution in [0.3, 0.4) is 0 Å². The molecule has 0 aliphatic carbocycles. The number of likely N-dealkylation sites (N-methyl/N-ethyl adjacent to an activating group) is 1. The summed E-state index contributed by atoms with van der Waals surface area (Å²) < 4.78 is 1.82. The van der Waals surface area contributed by atoms with Crippen molar-refractivity contribution in [2.24, 2.45) is 0 Å². The maximum Gasteiger partial charge on any atom is 0.245 e. The maximum absolute atomic E-state index is 12.9. The van der Waals surface area contributed by atoms with Gasteiger partial charge < -0.3 is 14.4 Å². The van der Waals surface area contributed by atoms with E-state index in [2.05, 4.69) is 9.88 Å². The average Bonchev–Trinajstić information content (AvgIpc) is 3.04. The number of hydrogen-bond acceptors (Lipinski definition) is 3. The van der Waals surface area contributed by atoms with Gasteiger partial charge in [-0.15, -0.1) is 0 Å². The molecule has 5 nitrogen and oxygen atoms in total. The van der Waals surface area contributed by atoms with E-state index in [1.165, 1.54) is 0 Å². The summed E-state index contributed by atoms with van der Waals surface area (Å²) in [4.78, 5) is 20.8. The van der Waals surface area contributed by atoms with Gasteiger partial charge in [-0.05, 0) is 38.7 Å². The molecule has 1 aromatic heterocycles. The lowest BCUT2D eigenvalue weighted by atomic mass is 10.2. The second-order valence-electron chi connectivity index (χ2n) is 5.88. The third-order valence-electron chi connectivity index (χ3n) is 3.72. The third kappa shape index (κ3) is 5.08. The van der Waals surface area contributed by atoms with Crippen LogP contribution in [-0.4, -0.2) is 52.4 Å². The molecule has 1 atom stereocenters. The van der Waals surface area contributed by atoms with E-state index in [-0.39, 0.29) is 11.9 Å². The third-order valence-corrected chi connectivity index (χ3v) is 3.96. The van der Waals surface area contributed by atoms with Crippen molar-refractivity contribution >= 4 is 17.5 Å². The number of aromatic nitrogens is 2. The molecule has 1 amide bonds. The summed E-state index contributed by atoms with van der Waals surface area (Å²) in [5, 5.41) is 0.685. The molecule has 6 heteroatoms. The van der Waals surface area contributed by atoms with Gasteiger partial charge in [-0.1, -0.05) is 23.7 Å². The fraction of sp³-hybridized carbons (Fsp3) is 0.412. The van der Waals surface area contributed by atoms with Crippen LogP contribution in [0.1, 0.15) is 18.5 Å². The largest absolute Gasteiger partial charge is 0.335 e. The Morgan fingerprint density at radius 2 is 2.13 bits per heavy atom. The quantitative estimate of drug-likeness (QED) is 0.781. The summed E-state index contributed by atoms with van der Waals surface area (Å²) in [7, 11) is 4.00. The van der Waals surface area contributed by atoms with Crippen molar-refractivity contribution in [3.05, 3.63) is 53.6 Å². The molecule has 0 fully saturated rings. The number of imidazole rings is 1. The van der Waals surface area contributed by atoms with Crippen molar-refractivity contribution < 1.29 is 4.79 Å². The van der Waals surface area contributed by atoms with Crippen molar-refractivity contribution in [3.63, 3.8) is 0 Å². The van der Waals surface area contributed by atoms with Gasteiger partial charge in [0.1, 0.15) is 6.04 Å². The Morgan fingerprint density at radius 3 is 2.74 bits per heavy atom. The summed E-state index contributed by atoms with van der Waals surface area (Å²) in [6, 6.07) is 7.36. The molecule has 0 saturated carbocycles. The summed E-state index contributed by atoms with van der Waals surface area (Å²) in [6.07, 6.45) is 5.17. The zero-order chi connectivity index (χ0) is 16.8. The number of halogens is 1. The molecule has 0 radical (unpaired) electrons. The van der Waals surface area contributed by atoms with Crippen LogP contribution in [0.15, 0.2) is 43.0 Å². The van der Waals surface area contributed by atoms with E-state index in [1.54, 1.807) is 12.5 Å². The molecule has 0 aliphatic rings. The fourth-order valence-electron chi connectivity index (χ4n) is 2.33. The highest BCUT2D eigenvalue weighted by atomic mass is 35.5. The van der Waals surface area contributed by atoms with Crippen LogP contribution in [0.5, 0.6) is 0 Å². The van der Waals surface area contributed by atoms with E-state index in [1.807, 2.05) is 60.9 Å². The normalized spacial score (nSPS) is 12.4. The lowest BCUT2D eigenvalue weighted by molar-refractivity contribution is -0.135. The number of nitrogens with zero attached hydrogens (tertiary/aromatic N) is 4. The molecule has 124 valence electrons. The second kappa shape index (κ2) is 8.13. The van der Waals surface area contributed by atoms with E-state index in [0.29, 0.717) is 18.1 Å². The Balaban J connectivity index is 2.14. The molecule has 1 aromatic carbocycles. The smallest absolute Gasteiger partial charge is 0.245 e. The predicted molar refractivity (Wildman–Crippen MR) is 92.4 cm³/mol. The standard InChI is InChI=1S/C17H23ClN4O/c1-14(22-8-7-19-13-22)17(23)21(10-9-20(2)3)12-15-5-4-6-16(18)11-15/h4-8,11,13-14H,9-10,12H2,1-3H3/t14-/m1/s1.